The summed E-state index contributed by atoms with van der Waals surface area (Å²) < 4.78 is 0. The number of aryl methyl sites for hydroxylation is 1. The quantitative estimate of drug-likeness (QED) is 0.698. The van der Waals surface area contributed by atoms with E-state index < -0.39 is 0 Å². The van der Waals surface area contributed by atoms with Gasteiger partial charge in [0.1, 0.15) is 0 Å². The van der Waals surface area contributed by atoms with E-state index in [2.05, 4.69) is 38.3 Å². The lowest BCUT2D eigenvalue weighted by atomic mass is 10.1. The fourth-order valence-electron chi connectivity index (χ4n) is 1.52. The molecule has 2 N–H and O–H groups in total. The predicted octanol–water partition coefficient (Wildman–Crippen LogP) is 4.95. The molecule has 3 heteroatoms. The van der Waals surface area contributed by atoms with Gasteiger partial charge in [0, 0.05) is 12.1 Å². The molecule has 0 bridgehead atoms. The Kier molecular flexibility index (Phi) is 19.4. The highest BCUT2D eigenvalue weighted by molar-refractivity contribution is 5.94. The van der Waals surface area contributed by atoms with Crippen molar-refractivity contribution >= 4 is 5.91 Å². The van der Waals surface area contributed by atoms with Crippen LogP contribution in [-0.2, 0) is 0 Å². The molecular weight excluding hydrogens is 284 g/mol. The maximum atomic E-state index is 11.4. The molecule has 0 saturated carbocycles. The van der Waals surface area contributed by atoms with Crippen molar-refractivity contribution in [2.45, 2.75) is 67.2 Å². The summed E-state index contributed by atoms with van der Waals surface area (Å²) in [7, 11) is 0. The molecule has 23 heavy (non-hydrogen) atoms. The molecule has 1 aromatic rings. The van der Waals surface area contributed by atoms with E-state index in [0.717, 1.165) is 18.5 Å². The molecular formula is C20H38N2O. The van der Waals surface area contributed by atoms with Crippen LogP contribution in [-0.4, -0.2) is 25.5 Å². The summed E-state index contributed by atoms with van der Waals surface area (Å²) in [4.78, 5) is 11.4. The molecule has 0 radical (unpaired) electrons. The van der Waals surface area contributed by atoms with Crippen LogP contribution >= 0.6 is 0 Å². The SMILES string of the molecule is CCC.CCCNC(=O)c1ccc(C)cc1.CCCNCCC. The first-order valence-corrected chi connectivity index (χ1v) is 9.12. The van der Waals surface area contributed by atoms with Gasteiger partial charge in [-0.15, -0.1) is 0 Å². The lowest BCUT2D eigenvalue weighted by Crippen LogP contribution is -2.23. The van der Waals surface area contributed by atoms with E-state index in [1.807, 2.05) is 38.1 Å². The van der Waals surface area contributed by atoms with Crippen molar-refractivity contribution in [2.24, 2.45) is 0 Å². The number of carbonyl (C=O) groups is 1. The number of amides is 1. The van der Waals surface area contributed by atoms with E-state index >= 15 is 0 Å². The number of hydrogen-bond donors (Lipinski definition) is 2. The van der Waals surface area contributed by atoms with Gasteiger partial charge in [0.05, 0.1) is 0 Å². The highest BCUT2D eigenvalue weighted by atomic mass is 16.1. The molecule has 0 aliphatic carbocycles. The summed E-state index contributed by atoms with van der Waals surface area (Å²) in [5, 5.41) is 6.11. The van der Waals surface area contributed by atoms with E-state index in [1.54, 1.807) is 0 Å². The molecule has 134 valence electrons. The van der Waals surface area contributed by atoms with Crippen LogP contribution in [0.25, 0.3) is 0 Å². The zero-order valence-electron chi connectivity index (χ0n) is 16.2. The Balaban J connectivity index is 0. The fraction of sp³-hybridized carbons (Fsp3) is 0.650. The van der Waals surface area contributed by atoms with Crippen LogP contribution in [0.4, 0.5) is 0 Å². The first-order chi connectivity index (χ1) is 11.1. The molecule has 0 heterocycles. The molecule has 0 spiro atoms. The van der Waals surface area contributed by atoms with Crippen LogP contribution in [0.5, 0.6) is 0 Å². The van der Waals surface area contributed by atoms with Gasteiger partial charge in [0.15, 0.2) is 0 Å². The highest BCUT2D eigenvalue weighted by Gasteiger charge is 2.02. The third-order valence-electron chi connectivity index (χ3n) is 2.70. The molecule has 1 rings (SSSR count). The van der Waals surface area contributed by atoms with Crippen molar-refractivity contribution in [1.82, 2.24) is 10.6 Å². The number of carbonyl (C=O) groups excluding carboxylic acids is 1. The number of benzene rings is 1. The molecule has 3 nitrogen and oxygen atoms in total. The van der Waals surface area contributed by atoms with Gasteiger partial charge in [-0.3, -0.25) is 4.79 Å². The van der Waals surface area contributed by atoms with Crippen LogP contribution in [0.2, 0.25) is 0 Å². The monoisotopic (exact) mass is 322 g/mol. The minimum atomic E-state index is 0.0156. The minimum Gasteiger partial charge on any atom is -0.352 e. The third-order valence-corrected chi connectivity index (χ3v) is 2.70. The van der Waals surface area contributed by atoms with Gasteiger partial charge in [-0.1, -0.05) is 58.7 Å². The van der Waals surface area contributed by atoms with E-state index in [0.29, 0.717) is 0 Å². The zero-order valence-corrected chi connectivity index (χ0v) is 16.2. The van der Waals surface area contributed by atoms with E-state index in [9.17, 15) is 4.79 Å². The normalized spacial score (nSPS) is 9.13. The van der Waals surface area contributed by atoms with Crippen LogP contribution < -0.4 is 10.6 Å². The molecule has 1 aromatic carbocycles. The van der Waals surface area contributed by atoms with E-state index in [-0.39, 0.29) is 5.91 Å². The van der Waals surface area contributed by atoms with Crippen LogP contribution in [0, 0.1) is 6.92 Å². The van der Waals surface area contributed by atoms with Crippen LogP contribution in [0.1, 0.15) is 76.2 Å². The van der Waals surface area contributed by atoms with Gasteiger partial charge < -0.3 is 10.6 Å². The molecule has 0 aliphatic rings. The second-order valence-corrected chi connectivity index (χ2v) is 5.58. The molecule has 1 amide bonds. The van der Waals surface area contributed by atoms with Gasteiger partial charge in [-0.05, 0) is 51.4 Å². The van der Waals surface area contributed by atoms with Gasteiger partial charge in [-0.2, -0.15) is 0 Å². The summed E-state index contributed by atoms with van der Waals surface area (Å²) in [5.41, 5.74) is 1.91. The maximum absolute atomic E-state index is 11.4. The molecule has 0 fully saturated rings. The average molecular weight is 323 g/mol. The average Bonchev–Trinajstić information content (AvgIpc) is 2.55. The topological polar surface area (TPSA) is 41.1 Å². The maximum Gasteiger partial charge on any atom is 0.251 e. The van der Waals surface area contributed by atoms with Crippen LogP contribution in [0.15, 0.2) is 24.3 Å². The molecule has 0 unspecified atom stereocenters. The molecule has 0 saturated heterocycles. The summed E-state index contributed by atoms with van der Waals surface area (Å²) in [6.07, 6.45) is 4.72. The molecule has 0 aromatic heterocycles. The first-order valence-electron chi connectivity index (χ1n) is 9.12. The lowest BCUT2D eigenvalue weighted by molar-refractivity contribution is 0.0953. The Bertz CT molecular complexity index is 356. The highest BCUT2D eigenvalue weighted by Crippen LogP contribution is 2.02. The standard InChI is InChI=1S/C11H15NO.C6H15N.C3H8/c1-3-8-12-11(13)10-6-4-9(2)5-7-10;1-3-5-7-6-4-2;1-3-2/h4-7H,3,8H2,1-2H3,(H,12,13);7H,3-6H2,1-2H3;3H2,1-2H3. The van der Waals surface area contributed by atoms with Crippen molar-refractivity contribution < 1.29 is 4.79 Å². The fourth-order valence-corrected chi connectivity index (χ4v) is 1.52. The van der Waals surface area contributed by atoms with Crippen LogP contribution in [0.3, 0.4) is 0 Å². The second-order valence-electron chi connectivity index (χ2n) is 5.58. The Hall–Kier alpha value is -1.35. The zero-order chi connectivity index (χ0) is 17.9. The summed E-state index contributed by atoms with van der Waals surface area (Å²) in [5.74, 6) is 0.0156. The smallest absolute Gasteiger partial charge is 0.251 e. The first kappa shape index (κ1) is 23.9. The van der Waals surface area contributed by atoms with Crippen molar-refractivity contribution in [1.29, 1.82) is 0 Å². The Morgan fingerprint density at radius 3 is 1.65 bits per heavy atom. The van der Waals surface area contributed by atoms with E-state index in [4.69, 9.17) is 0 Å². The Labute approximate surface area is 144 Å². The van der Waals surface area contributed by atoms with Gasteiger partial charge in [-0.25, -0.2) is 0 Å². The number of nitrogens with one attached hydrogen (secondary N) is 2. The third kappa shape index (κ3) is 16.8. The van der Waals surface area contributed by atoms with Crippen molar-refractivity contribution in [3.63, 3.8) is 0 Å². The number of hydrogen-bond acceptors (Lipinski definition) is 2. The summed E-state index contributed by atoms with van der Waals surface area (Å²) in [6.45, 7) is 15.8. The molecule has 0 aliphatic heterocycles. The second kappa shape index (κ2) is 18.7. The number of rotatable bonds is 7. The van der Waals surface area contributed by atoms with E-state index in [1.165, 1.54) is 37.9 Å². The van der Waals surface area contributed by atoms with Gasteiger partial charge in [0.2, 0.25) is 0 Å². The van der Waals surface area contributed by atoms with Crippen molar-refractivity contribution in [3.05, 3.63) is 35.4 Å². The largest absolute Gasteiger partial charge is 0.352 e. The summed E-state index contributed by atoms with van der Waals surface area (Å²) >= 11 is 0. The van der Waals surface area contributed by atoms with Crippen molar-refractivity contribution in [3.8, 4) is 0 Å². The van der Waals surface area contributed by atoms with Crippen molar-refractivity contribution in [2.75, 3.05) is 19.6 Å². The Morgan fingerprint density at radius 1 is 0.826 bits per heavy atom. The molecule has 0 atom stereocenters. The predicted molar refractivity (Wildman–Crippen MR) is 103 cm³/mol. The summed E-state index contributed by atoms with van der Waals surface area (Å²) in [6, 6.07) is 7.59. The van der Waals surface area contributed by atoms with Gasteiger partial charge >= 0.3 is 0 Å². The lowest BCUT2D eigenvalue weighted by Gasteiger charge is -2.02. The minimum absolute atomic E-state index is 0.0156. The Morgan fingerprint density at radius 2 is 1.26 bits per heavy atom. The van der Waals surface area contributed by atoms with Gasteiger partial charge in [0.25, 0.3) is 5.91 Å².